The zero-order valence-corrected chi connectivity index (χ0v) is 14.5. The number of carbonyl (C=O) groups excluding carboxylic acids is 1. The first-order valence-electron chi connectivity index (χ1n) is 7.19. The first kappa shape index (κ1) is 18.3. The summed E-state index contributed by atoms with van der Waals surface area (Å²) in [7, 11) is 0. The minimum atomic E-state index is -2.72. The number of esters is 1. The number of alkyl halides is 2. The van der Waals surface area contributed by atoms with Gasteiger partial charge in [0.25, 0.3) is 11.3 Å². The van der Waals surface area contributed by atoms with E-state index in [4.69, 9.17) is 16.3 Å². The zero-order chi connectivity index (χ0) is 18.7. The second kappa shape index (κ2) is 7.79. The zero-order valence-electron chi connectivity index (χ0n) is 12.9. The Morgan fingerprint density at radius 2 is 2.15 bits per heavy atom. The second-order valence-electron chi connectivity index (χ2n) is 4.97. The first-order valence-corrected chi connectivity index (χ1v) is 8.44. The summed E-state index contributed by atoms with van der Waals surface area (Å²) >= 11 is 5.99. The lowest BCUT2D eigenvalue weighted by atomic mass is 10.3. The summed E-state index contributed by atoms with van der Waals surface area (Å²) in [6, 6.07) is 7.10. The van der Waals surface area contributed by atoms with Crippen LogP contribution in [0, 0.1) is 0 Å². The van der Waals surface area contributed by atoms with Crippen molar-refractivity contribution in [2.24, 2.45) is 0 Å². The number of carbonyl (C=O) groups is 1. The molecule has 0 atom stereocenters. The van der Waals surface area contributed by atoms with Gasteiger partial charge >= 0.3 is 5.97 Å². The van der Waals surface area contributed by atoms with Gasteiger partial charge in [-0.05, 0) is 36.0 Å². The Labute approximate surface area is 154 Å². The van der Waals surface area contributed by atoms with Crippen LogP contribution in [0.2, 0.25) is 5.02 Å². The average Bonchev–Trinajstić information content (AvgIpc) is 2.60. The number of fused-ring (bicyclic) bond motifs is 1. The van der Waals surface area contributed by atoms with Gasteiger partial charge in [-0.25, -0.2) is 14.8 Å². The van der Waals surface area contributed by atoms with Crippen LogP contribution in [0.3, 0.4) is 0 Å². The van der Waals surface area contributed by atoms with E-state index in [1.807, 2.05) is 0 Å². The summed E-state index contributed by atoms with van der Waals surface area (Å²) in [5.74, 6) is -3.55. The lowest BCUT2D eigenvalue weighted by molar-refractivity contribution is 0.0462. The molecule has 0 saturated heterocycles. The van der Waals surface area contributed by atoms with Crippen LogP contribution in [0.1, 0.15) is 16.1 Å². The minimum Gasteiger partial charge on any atom is -0.456 e. The monoisotopic (exact) mass is 397 g/mol. The van der Waals surface area contributed by atoms with E-state index in [2.05, 4.69) is 9.97 Å². The summed E-state index contributed by atoms with van der Waals surface area (Å²) in [4.78, 5) is 32.2. The SMILES string of the molecule is O=C(OCc1cc(=O)n2cc(Cl)ccc2n1)c1cccnc1SC(F)F. The molecule has 0 aliphatic heterocycles. The number of hydrogen-bond donors (Lipinski definition) is 0. The van der Waals surface area contributed by atoms with Gasteiger partial charge in [0.15, 0.2) is 0 Å². The quantitative estimate of drug-likeness (QED) is 0.485. The number of halogens is 3. The van der Waals surface area contributed by atoms with Gasteiger partial charge in [0.2, 0.25) is 0 Å². The van der Waals surface area contributed by atoms with E-state index in [1.54, 1.807) is 12.1 Å². The van der Waals surface area contributed by atoms with E-state index in [0.29, 0.717) is 10.7 Å². The lowest BCUT2D eigenvalue weighted by Crippen LogP contribution is -2.16. The average molecular weight is 398 g/mol. The highest BCUT2D eigenvalue weighted by molar-refractivity contribution is 7.99. The van der Waals surface area contributed by atoms with Crippen molar-refractivity contribution in [2.75, 3.05) is 0 Å². The number of ether oxygens (including phenoxy) is 1. The maximum Gasteiger partial charge on any atom is 0.341 e. The van der Waals surface area contributed by atoms with Crippen molar-refractivity contribution in [2.45, 2.75) is 17.4 Å². The Bertz CT molecular complexity index is 1030. The molecule has 10 heteroatoms. The minimum absolute atomic E-state index is 0.0814. The molecule has 0 aliphatic rings. The maximum absolute atomic E-state index is 12.6. The van der Waals surface area contributed by atoms with E-state index in [9.17, 15) is 18.4 Å². The third-order valence-corrected chi connectivity index (χ3v) is 4.17. The fourth-order valence-electron chi connectivity index (χ4n) is 2.14. The number of pyridine rings is 2. The van der Waals surface area contributed by atoms with Crippen LogP contribution in [0.4, 0.5) is 8.78 Å². The highest BCUT2D eigenvalue weighted by atomic mass is 35.5. The molecule has 0 amide bonds. The van der Waals surface area contributed by atoms with Gasteiger partial charge in [-0.2, -0.15) is 8.78 Å². The van der Waals surface area contributed by atoms with E-state index in [-0.39, 0.29) is 40.2 Å². The molecule has 0 bridgehead atoms. The van der Waals surface area contributed by atoms with Crippen LogP contribution < -0.4 is 5.56 Å². The predicted molar refractivity (Wildman–Crippen MR) is 91.7 cm³/mol. The van der Waals surface area contributed by atoms with Gasteiger partial charge in [-0.1, -0.05) is 11.6 Å². The molecule has 3 rings (SSSR count). The molecule has 0 spiro atoms. The molecule has 3 aromatic heterocycles. The molecule has 0 fully saturated rings. The third kappa shape index (κ3) is 4.17. The van der Waals surface area contributed by atoms with Crippen LogP contribution in [0.5, 0.6) is 0 Å². The number of aromatic nitrogens is 3. The summed E-state index contributed by atoms with van der Waals surface area (Å²) in [5.41, 5.74) is 0.0851. The highest BCUT2D eigenvalue weighted by Crippen LogP contribution is 2.26. The van der Waals surface area contributed by atoms with Gasteiger partial charge < -0.3 is 4.74 Å². The van der Waals surface area contributed by atoms with Crippen molar-refractivity contribution in [1.29, 1.82) is 0 Å². The molecule has 6 nitrogen and oxygen atoms in total. The second-order valence-corrected chi connectivity index (χ2v) is 6.39. The number of thioether (sulfide) groups is 1. The summed E-state index contributed by atoms with van der Waals surface area (Å²) in [6.07, 6.45) is 2.73. The third-order valence-electron chi connectivity index (χ3n) is 3.22. The van der Waals surface area contributed by atoms with Crippen LogP contribution >= 0.6 is 23.4 Å². The standard InChI is InChI=1S/C16H10ClF2N3O3S/c17-9-3-4-12-21-10(6-13(23)22(12)7-9)8-25-15(24)11-2-1-5-20-14(11)26-16(18)19/h1-7,16H,8H2. The molecule has 0 aliphatic carbocycles. The van der Waals surface area contributed by atoms with Crippen LogP contribution in [0.15, 0.2) is 52.5 Å². The molecule has 0 N–H and O–H groups in total. The van der Waals surface area contributed by atoms with E-state index in [0.717, 1.165) is 0 Å². The van der Waals surface area contributed by atoms with Gasteiger partial charge in [0, 0.05) is 18.5 Å². The fourth-order valence-corrected chi connectivity index (χ4v) is 2.87. The van der Waals surface area contributed by atoms with Gasteiger partial charge in [0.1, 0.15) is 17.3 Å². The molecule has 0 radical (unpaired) electrons. The van der Waals surface area contributed by atoms with Crippen molar-refractivity contribution in [1.82, 2.24) is 14.4 Å². The molecular formula is C16H10ClF2N3O3S. The lowest BCUT2D eigenvalue weighted by Gasteiger charge is -2.08. The molecule has 3 heterocycles. The van der Waals surface area contributed by atoms with E-state index < -0.39 is 11.7 Å². The first-order chi connectivity index (χ1) is 12.4. The van der Waals surface area contributed by atoms with E-state index >= 15 is 0 Å². The largest absolute Gasteiger partial charge is 0.456 e. The summed E-state index contributed by atoms with van der Waals surface area (Å²) in [6.45, 7) is -0.291. The van der Waals surface area contributed by atoms with E-state index in [1.165, 1.54) is 35.0 Å². The smallest absolute Gasteiger partial charge is 0.341 e. The van der Waals surface area contributed by atoms with Crippen LogP contribution in [0.25, 0.3) is 5.65 Å². The normalized spacial score (nSPS) is 11.1. The molecule has 134 valence electrons. The van der Waals surface area contributed by atoms with Gasteiger partial charge in [-0.3, -0.25) is 9.20 Å². The van der Waals surface area contributed by atoms with Crippen molar-refractivity contribution in [3.8, 4) is 0 Å². The van der Waals surface area contributed by atoms with Crippen LogP contribution in [-0.2, 0) is 11.3 Å². The highest BCUT2D eigenvalue weighted by Gasteiger charge is 2.18. The van der Waals surface area contributed by atoms with Crippen molar-refractivity contribution in [3.63, 3.8) is 0 Å². The Kier molecular flexibility index (Phi) is 5.48. The summed E-state index contributed by atoms with van der Waals surface area (Å²) < 4.78 is 31.4. The van der Waals surface area contributed by atoms with Crippen LogP contribution in [-0.4, -0.2) is 26.1 Å². The van der Waals surface area contributed by atoms with Crippen molar-refractivity contribution < 1.29 is 18.3 Å². The summed E-state index contributed by atoms with van der Waals surface area (Å²) in [5, 5.41) is 0.245. The Hall–Kier alpha value is -2.52. The molecule has 0 unspecified atom stereocenters. The predicted octanol–water partition coefficient (Wildman–Crippen LogP) is 3.41. The van der Waals surface area contributed by atoms with Crippen molar-refractivity contribution in [3.05, 3.63) is 69.4 Å². The van der Waals surface area contributed by atoms with Gasteiger partial charge in [-0.15, -0.1) is 0 Å². The molecule has 0 aromatic carbocycles. The topological polar surface area (TPSA) is 73.6 Å². The fraction of sp³-hybridized carbons (Fsp3) is 0.125. The molecule has 0 saturated carbocycles. The Balaban J connectivity index is 1.79. The number of nitrogens with zero attached hydrogens (tertiary/aromatic N) is 3. The Morgan fingerprint density at radius 3 is 2.92 bits per heavy atom. The van der Waals surface area contributed by atoms with Gasteiger partial charge in [0.05, 0.1) is 16.3 Å². The molecule has 3 aromatic rings. The number of rotatable bonds is 5. The molecular weight excluding hydrogens is 388 g/mol. The maximum atomic E-state index is 12.6. The van der Waals surface area contributed by atoms with Crippen molar-refractivity contribution >= 4 is 35.0 Å². The molecule has 26 heavy (non-hydrogen) atoms. The Morgan fingerprint density at radius 1 is 1.35 bits per heavy atom. The number of hydrogen-bond acceptors (Lipinski definition) is 6.